The summed E-state index contributed by atoms with van der Waals surface area (Å²) in [5, 5.41) is 10.8. The fraction of sp³-hybridized carbons (Fsp3) is 0.300. The number of amides is 1. The van der Waals surface area contributed by atoms with E-state index in [0.717, 1.165) is 60.6 Å². The molecule has 4 aromatic rings. The fourth-order valence-corrected chi connectivity index (χ4v) is 4.92. The summed E-state index contributed by atoms with van der Waals surface area (Å²) in [4.78, 5) is 26.3. The smallest absolute Gasteiger partial charge is 0.248 e. The molecule has 0 unspecified atom stereocenters. The normalized spacial score (nSPS) is 14.0. The Kier molecular flexibility index (Phi) is 8.28. The maximum atomic E-state index is 12.8. The lowest BCUT2D eigenvalue weighted by Crippen LogP contribution is -2.43. The van der Waals surface area contributed by atoms with E-state index >= 15 is 0 Å². The van der Waals surface area contributed by atoms with Crippen molar-refractivity contribution < 1.29 is 9.53 Å². The molecule has 3 N–H and O–H groups in total. The molecule has 2 aromatic heterocycles. The Bertz CT molecular complexity index is 1520. The summed E-state index contributed by atoms with van der Waals surface area (Å²) in [6.07, 6.45) is 7.31. The third-order valence-corrected chi connectivity index (χ3v) is 6.97. The number of carbonyl (C=O) groups excluding carboxylic acids is 1. The van der Waals surface area contributed by atoms with Crippen molar-refractivity contribution in [1.29, 1.82) is 0 Å². The van der Waals surface area contributed by atoms with Crippen LogP contribution in [0.25, 0.3) is 22.2 Å². The number of nitrogens with one attached hydrogen (secondary N) is 3. The van der Waals surface area contributed by atoms with E-state index in [1.165, 1.54) is 0 Å². The molecule has 0 atom stereocenters. The number of piperazine rings is 1. The summed E-state index contributed by atoms with van der Waals surface area (Å²) in [5.41, 5.74) is 5.07. The molecule has 10 nitrogen and oxygen atoms in total. The first-order valence-corrected chi connectivity index (χ1v) is 13.4. The van der Waals surface area contributed by atoms with Crippen molar-refractivity contribution in [3.8, 4) is 17.0 Å². The molecule has 1 aliphatic rings. The van der Waals surface area contributed by atoms with Crippen LogP contribution < -0.4 is 25.6 Å². The van der Waals surface area contributed by atoms with Crippen molar-refractivity contribution in [3.05, 3.63) is 67.0 Å². The van der Waals surface area contributed by atoms with Gasteiger partial charge >= 0.3 is 0 Å². The summed E-state index contributed by atoms with van der Waals surface area (Å²) in [6.45, 7) is 4.66. The molecular weight excluding hydrogens is 504 g/mol. The molecule has 0 aliphatic carbocycles. The molecule has 0 saturated carbocycles. The van der Waals surface area contributed by atoms with Gasteiger partial charge in [-0.3, -0.25) is 9.69 Å². The highest BCUT2D eigenvalue weighted by Crippen LogP contribution is 2.38. The van der Waals surface area contributed by atoms with Crippen LogP contribution in [-0.2, 0) is 11.8 Å². The van der Waals surface area contributed by atoms with Gasteiger partial charge in [0.25, 0.3) is 0 Å². The molecule has 1 saturated heterocycles. The van der Waals surface area contributed by atoms with E-state index in [4.69, 9.17) is 9.72 Å². The monoisotopic (exact) mass is 540 g/mol. The number of methoxy groups -OCH3 is 1. The number of anilines is 4. The Morgan fingerprint density at radius 3 is 2.73 bits per heavy atom. The van der Waals surface area contributed by atoms with E-state index in [2.05, 4.69) is 48.7 Å². The number of aryl methyl sites for hydroxylation is 1. The molecule has 1 fully saturated rings. The fourth-order valence-electron chi connectivity index (χ4n) is 4.92. The number of fused-ring (bicyclic) bond motifs is 1. The maximum Gasteiger partial charge on any atom is 0.248 e. The van der Waals surface area contributed by atoms with Crippen LogP contribution >= 0.6 is 0 Å². The molecule has 1 amide bonds. The molecule has 40 heavy (non-hydrogen) atoms. The summed E-state index contributed by atoms with van der Waals surface area (Å²) < 4.78 is 7.78. The van der Waals surface area contributed by atoms with Gasteiger partial charge < -0.3 is 30.2 Å². The van der Waals surface area contributed by atoms with E-state index in [1.54, 1.807) is 19.4 Å². The van der Waals surface area contributed by atoms with Crippen molar-refractivity contribution in [2.75, 3.05) is 69.5 Å². The van der Waals surface area contributed by atoms with E-state index in [9.17, 15) is 4.79 Å². The van der Waals surface area contributed by atoms with Crippen molar-refractivity contribution in [3.63, 3.8) is 0 Å². The lowest BCUT2D eigenvalue weighted by atomic mass is 10.1. The van der Waals surface area contributed by atoms with Gasteiger partial charge in [-0.05, 0) is 18.2 Å². The summed E-state index contributed by atoms with van der Waals surface area (Å²) in [5.74, 6) is 0.841. The quantitative estimate of drug-likeness (QED) is 0.275. The number of hydrogen-bond donors (Lipinski definition) is 3. The lowest BCUT2D eigenvalue weighted by Gasteiger charge is -2.25. The highest BCUT2D eigenvalue weighted by Gasteiger charge is 2.16. The summed E-state index contributed by atoms with van der Waals surface area (Å²) in [7, 11) is 7.49. The number of aromatic nitrogens is 3. The van der Waals surface area contributed by atoms with Crippen molar-refractivity contribution in [2.24, 2.45) is 7.05 Å². The van der Waals surface area contributed by atoms with Gasteiger partial charge in [0.15, 0.2) is 0 Å². The Morgan fingerprint density at radius 1 is 1.15 bits per heavy atom. The van der Waals surface area contributed by atoms with E-state index in [-0.39, 0.29) is 5.91 Å². The third-order valence-electron chi connectivity index (χ3n) is 6.97. The minimum atomic E-state index is -0.191. The molecule has 0 radical (unpaired) electrons. The molecule has 1 aliphatic heterocycles. The van der Waals surface area contributed by atoms with Crippen molar-refractivity contribution in [2.45, 2.75) is 0 Å². The maximum absolute atomic E-state index is 12.8. The lowest BCUT2D eigenvalue weighted by molar-refractivity contribution is -0.111. The van der Waals surface area contributed by atoms with Gasteiger partial charge in [-0.15, -0.1) is 0 Å². The summed E-state index contributed by atoms with van der Waals surface area (Å²) in [6, 6.07) is 13.9. The number of carbonyl (C=O) groups is 1. The Labute approximate surface area is 234 Å². The number of hydrogen-bond acceptors (Lipinski definition) is 8. The second kappa shape index (κ2) is 12.2. The third kappa shape index (κ3) is 6.08. The predicted octanol–water partition coefficient (Wildman–Crippen LogP) is 3.85. The topological polar surface area (TPSA) is 99.6 Å². The number of benzene rings is 2. The van der Waals surface area contributed by atoms with Crippen LogP contribution in [0.4, 0.5) is 23.0 Å². The van der Waals surface area contributed by atoms with Gasteiger partial charge in [0.05, 0.1) is 29.9 Å². The average Bonchev–Trinajstić information content (AvgIpc) is 3.30. The zero-order chi connectivity index (χ0) is 28.1. The van der Waals surface area contributed by atoms with Gasteiger partial charge in [0.2, 0.25) is 11.9 Å². The zero-order valence-corrected chi connectivity index (χ0v) is 23.4. The van der Waals surface area contributed by atoms with Crippen LogP contribution in [0.1, 0.15) is 0 Å². The minimum Gasteiger partial charge on any atom is -0.494 e. The molecule has 10 heteroatoms. The van der Waals surface area contributed by atoms with Crippen LogP contribution in [0, 0.1) is 0 Å². The minimum absolute atomic E-state index is 0.191. The molecule has 208 valence electrons. The van der Waals surface area contributed by atoms with E-state index in [0.29, 0.717) is 23.1 Å². The first kappa shape index (κ1) is 27.2. The molecule has 5 rings (SSSR count). The standard InChI is InChI=1S/C30H36N8O2/c1-36(2)27-19-28(40-4)25(18-24(27)33-29(39)10-7-15-38-16-13-31-14-17-38)35-30-32-12-11-23(34-30)22-20-37(3)26-9-6-5-8-21(22)26/h5-12,18-20,31H,13-17H2,1-4H3,(H,33,39)(H,32,34,35)/b10-7+. The largest absolute Gasteiger partial charge is 0.494 e. The van der Waals surface area contributed by atoms with Crippen molar-refractivity contribution in [1.82, 2.24) is 24.8 Å². The number of ether oxygens (including phenoxy) is 1. The average molecular weight is 541 g/mol. The summed E-state index contributed by atoms with van der Waals surface area (Å²) >= 11 is 0. The second-order valence-corrected chi connectivity index (χ2v) is 9.97. The predicted molar refractivity (Wildman–Crippen MR) is 162 cm³/mol. The van der Waals surface area contributed by atoms with Crippen LogP contribution in [0.3, 0.4) is 0 Å². The van der Waals surface area contributed by atoms with Gasteiger partial charge in [-0.1, -0.05) is 24.3 Å². The van der Waals surface area contributed by atoms with Gasteiger partial charge in [-0.2, -0.15) is 0 Å². The highest BCUT2D eigenvalue weighted by molar-refractivity contribution is 6.02. The Morgan fingerprint density at radius 2 is 1.95 bits per heavy atom. The van der Waals surface area contributed by atoms with Gasteiger partial charge in [0.1, 0.15) is 5.75 Å². The second-order valence-electron chi connectivity index (χ2n) is 9.97. The van der Waals surface area contributed by atoms with Crippen LogP contribution in [0.2, 0.25) is 0 Å². The molecule has 0 bridgehead atoms. The molecule has 2 aromatic carbocycles. The van der Waals surface area contributed by atoms with Crippen molar-refractivity contribution >= 4 is 39.8 Å². The first-order chi connectivity index (χ1) is 19.4. The van der Waals surface area contributed by atoms with Gasteiger partial charge in [-0.25, -0.2) is 9.97 Å². The van der Waals surface area contributed by atoms with E-state index in [1.807, 2.05) is 62.5 Å². The van der Waals surface area contributed by atoms with Gasteiger partial charge in [0, 0.05) is 94.9 Å². The molecular formula is C30H36N8O2. The molecule has 3 heterocycles. The van der Waals surface area contributed by atoms with Crippen LogP contribution in [0.5, 0.6) is 5.75 Å². The van der Waals surface area contributed by atoms with Crippen LogP contribution in [-0.4, -0.2) is 79.3 Å². The highest BCUT2D eigenvalue weighted by atomic mass is 16.5. The molecule has 0 spiro atoms. The number of nitrogens with zero attached hydrogens (tertiary/aromatic N) is 5. The van der Waals surface area contributed by atoms with Crippen LogP contribution in [0.15, 0.2) is 67.0 Å². The Hall–Kier alpha value is -4.41. The Balaban J connectivity index is 1.39. The zero-order valence-electron chi connectivity index (χ0n) is 23.4. The van der Waals surface area contributed by atoms with E-state index < -0.39 is 0 Å². The number of para-hydroxylation sites is 1. The first-order valence-electron chi connectivity index (χ1n) is 13.4. The SMILES string of the molecule is COc1cc(N(C)C)c(NC(=O)/C=C/CN2CCNCC2)cc1Nc1nccc(-c2cn(C)c3ccccc23)n1. The number of rotatable bonds is 9.